The predicted octanol–water partition coefficient (Wildman–Crippen LogP) is 3.46. The largest absolute Gasteiger partial charge is 0.381 e. The van der Waals surface area contributed by atoms with Crippen molar-refractivity contribution >= 4 is 33.4 Å². The highest BCUT2D eigenvalue weighted by Gasteiger charge is 2.14. The van der Waals surface area contributed by atoms with Crippen LogP contribution in [0.1, 0.15) is 18.5 Å². The average Bonchev–Trinajstić information content (AvgIpc) is 2.24. The van der Waals surface area contributed by atoms with E-state index in [0.717, 1.165) is 10.3 Å². The highest BCUT2D eigenvalue weighted by Crippen LogP contribution is 2.23. The fraction of sp³-hybridized carbons (Fsp3) is 0.545. The molecule has 82 valence electrons. The van der Waals surface area contributed by atoms with Crippen molar-refractivity contribution in [3.63, 3.8) is 0 Å². The Bertz CT molecular complexity index is 337. The molecule has 0 atom stereocenters. The van der Waals surface area contributed by atoms with E-state index in [-0.39, 0.29) is 0 Å². The smallest absolute Gasteiger partial charge is 0.106 e. The topological polar surface area (TPSA) is 24.9 Å². The van der Waals surface area contributed by atoms with Gasteiger partial charge in [0.05, 0.1) is 11.4 Å². The predicted molar refractivity (Wildman–Crippen MR) is 70.6 cm³/mol. The summed E-state index contributed by atoms with van der Waals surface area (Å²) in [6.07, 6.45) is 2.53. The van der Waals surface area contributed by atoms with Gasteiger partial charge < -0.3 is 5.32 Å². The lowest BCUT2D eigenvalue weighted by molar-refractivity contribution is 0.665. The van der Waals surface area contributed by atoms with Crippen LogP contribution in [0.25, 0.3) is 0 Å². The van der Waals surface area contributed by atoms with Crippen LogP contribution in [0, 0.1) is 6.92 Å². The lowest BCUT2D eigenvalue weighted by Gasteiger charge is -2.24. The standard InChI is InChI=1S/C11H15BrN2S/c1-8-10(2-3-11(12)13-8)14-9-4-6-15-7-5-9/h2-3,9,14H,4-7H2,1H3. The first-order chi connectivity index (χ1) is 7.25. The van der Waals surface area contributed by atoms with E-state index in [1.165, 1.54) is 30.0 Å². The number of hydrogen-bond acceptors (Lipinski definition) is 3. The van der Waals surface area contributed by atoms with Gasteiger partial charge in [-0.1, -0.05) is 0 Å². The molecule has 2 heterocycles. The van der Waals surface area contributed by atoms with Gasteiger partial charge in [0.25, 0.3) is 0 Å². The van der Waals surface area contributed by atoms with Crippen LogP contribution in [-0.2, 0) is 0 Å². The molecule has 1 saturated heterocycles. The zero-order valence-electron chi connectivity index (χ0n) is 8.79. The van der Waals surface area contributed by atoms with Gasteiger partial charge in [-0.3, -0.25) is 0 Å². The van der Waals surface area contributed by atoms with Gasteiger partial charge in [-0.15, -0.1) is 0 Å². The third kappa shape index (κ3) is 3.11. The van der Waals surface area contributed by atoms with Crippen LogP contribution >= 0.6 is 27.7 Å². The van der Waals surface area contributed by atoms with Crippen molar-refractivity contribution in [1.82, 2.24) is 4.98 Å². The van der Waals surface area contributed by atoms with Gasteiger partial charge in [-0.25, -0.2) is 4.98 Å². The Morgan fingerprint density at radius 3 is 2.80 bits per heavy atom. The number of rotatable bonds is 2. The van der Waals surface area contributed by atoms with Crippen LogP contribution in [0.3, 0.4) is 0 Å². The Hall–Kier alpha value is -0.220. The molecule has 2 nitrogen and oxygen atoms in total. The second-order valence-corrected chi connectivity index (χ2v) is 5.84. The maximum Gasteiger partial charge on any atom is 0.106 e. The average molecular weight is 287 g/mol. The molecule has 0 radical (unpaired) electrons. The molecule has 0 aromatic carbocycles. The maximum absolute atomic E-state index is 4.39. The third-order valence-electron chi connectivity index (χ3n) is 2.63. The van der Waals surface area contributed by atoms with E-state index < -0.39 is 0 Å². The molecule has 0 saturated carbocycles. The molecule has 0 amide bonds. The Morgan fingerprint density at radius 1 is 1.40 bits per heavy atom. The molecular weight excluding hydrogens is 272 g/mol. The minimum absolute atomic E-state index is 0.632. The number of pyridine rings is 1. The van der Waals surface area contributed by atoms with Gasteiger partial charge in [0.1, 0.15) is 4.60 Å². The summed E-state index contributed by atoms with van der Waals surface area (Å²) in [5.74, 6) is 2.56. The number of aryl methyl sites for hydroxylation is 1. The van der Waals surface area contributed by atoms with Crippen molar-refractivity contribution < 1.29 is 0 Å². The van der Waals surface area contributed by atoms with E-state index >= 15 is 0 Å². The van der Waals surface area contributed by atoms with Crippen LogP contribution in [0.4, 0.5) is 5.69 Å². The van der Waals surface area contributed by atoms with Crippen molar-refractivity contribution in [3.05, 3.63) is 22.4 Å². The quantitative estimate of drug-likeness (QED) is 0.843. The van der Waals surface area contributed by atoms with Crippen molar-refractivity contribution in [1.29, 1.82) is 0 Å². The van der Waals surface area contributed by atoms with Gasteiger partial charge in [-0.2, -0.15) is 11.8 Å². The Labute approximate surface area is 103 Å². The highest BCUT2D eigenvalue weighted by molar-refractivity contribution is 9.10. The van der Waals surface area contributed by atoms with E-state index in [2.05, 4.69) is 44.1 Å². The molecule has 15 heavy (non-hydrogen) atoms. The lowest BCUT2D eigenvalue weighted by Crippen LogP contribution is -2.24. The summed E-state index contributed by atoms with van der Waals surface area (Å²) in [6.45, 7) is 2.05. The van der Waals surface area contributed by atoms with E-state index in [9.17, 15) is 0 Å². The summed E-state index contributed by atoms with van der Waals surface area (Å²) in [5, 5.41) is 3.58. The second kappa shape index (κ2) is 5.21. The summed E-state index contributed by atoms with van der Waals surface area (Å²) in [7, 11) is 0. The van der Waals surface area contributed by atoms with Gasteiger partial charge in [0, 0.05) is 6.04 Å². The van der Waals surface area contributed by atoms with Crippen molar-refractivity contribution in [2.24, 2.45) is 0 Å². The highest BCUT2D eigenvalue weighted by atomic mass is 79.9. The molecule has 1 aromatic rings. The first-order valence-electron chi connectivity index (χ1n) is 5.23. The monoisotopic (exact) mass is 286 g/mol. The van der Waals surface area contributed by atoms with E-state index in [4.69, 9.17) is 0 Å². The summed E-state index contributed by atoms with van der Waals surface area (Å²) in [5.41, 5.74) is 2.25. The van der Waals surface area contributed by atoms with Crippen LogP contribution < -0.4 is 5.32 Å². The normalized spacial score (nSPS) is 17.7. The Balaban J connectivity index is 2.03. The van der Waals surface area contributed by atoms with Crippen molar-refractivity contribution in [2.75, 3.05) is 16.8 Å². The summed E-state index contributed by atoms with van der Waals surface area (Å²) in [4.78, 5) is 4.39. The fourth-order valence-corrected chi connectivity index (χ4v) is 3.25. The van der Waals surface area contributed by atoms with Crippen LogP contribution in [0.2, 0.25) is 0 Å². The number of hydrogen-bond donors (Lipinski definition) is 1. The first kappa shape index (κ1) is 11.3. The second-order valence-electron chi connectivity index (χ2n) is 3.80. The molecule has 0 aliphatic carbocycles. The molecule has 0 bridgehead atoms. The van der Waals surface area contributed by atoms with Crippen LogP contribution in [-0.4, -0.2) is 22.5 Å². The van der Waals surface area contributed by atoms with Crippen molar-refractivity contribution in [3.8, 4) is 0 Å². The molecule has 0 unspecified atom stereocenters. The summed E-state index contributed by atoms with van der Waals surface area (Å²) < 4.78 is 0.907. The van der Waals surface area contributed by atoms with Crippen LogP contribution in [0.15, 0.2) is 16.7 Å². The fourth-order valence-electron chi connectivity index (χ4n) is 1.74. The molecule has 2 rings (SSSR count). The number of thioether (sulfide) groups is 1. The van der Waals surface area contributed by atoms with Gasteiger partial charge in [-0.05, 0) is 59.3 Å². The number of aromatic nitrogens is 1. The first-order valence-corrected chi connectivity index (χ1v) is 7.18. The summed E-state index contributed by atoms with van der Waals surface area (Å²) in [6, 6.07) is 4.73. The molecule has 1 fully saturated rings. The molecule has 4 heteroatoms. The third-order valence-corrected chi connectivity index (χ3v) is 4.12. The van der Waals surface area contributed by atoms with Crippen LogP contribution in [0.5, 0.6) is 0 Å². The van der Waals surface area contributed by atoms with Gasteiger partial charge >= 0.3 is 0 Å². The minimum Gasteiger partial charge on any atom is -0.381 e. The van der Waals surface area contributed by atoms with E-state index in [0.29, 0.717) is 6.04 Å². The number of nitrogens with zero attached hydrogens (tertiary/aromatic N) is 1. The Morgan fingerprint density at radius 2 is 2.13 bits per heavy atom. The minimum atomic E-state index is 0.632. The molecule has 1 aliphatic heterocycles. The number of halogens is 1. The molecule has 1 N–H and O–H groups in total. The molecular formula is C11H15BrN2S. The van der Waals surface area contributed by atoms with E-state index in [1.54, 1.807) is 0 Å². The number of nitrogens with one attached hydrogen (secondary N) is 1. The van der Waals surface area contributed by atoms with Gasteiger partial charge in [0.15, 0.2) is 0 Å². The zero-order chi connectivity index (χ0) is 10.7. The molecule has 1 aliphatic rings. The molecule has 0 spiro atoms. The lowest BCUT2D eigenvalue weighted by atomic mass is 10.1. The maximum atomic E-state index is 4.39. The molecule has 1 aromatic heterocycles. The van der Waals surface area contributed by atoms with E-state index in [1.807, 2.05) is 13.0 Å². The summed E-state index contributed by atoms with van der Waals surface area (Å²) >= 11 is 5.43. The van der Waals surface area contributed by atoms with Gasteiger partial charge in [0.2, 0.25) is 0 Å². The Kier molecular flexibility index (Phi) is 3.92. The SMILES string of the molecule is Cc1nc(Br)ccc1NC1CCSCC1. The van der Waals surface area contributed by atoms with Crippen molar-refractivity contribution in [2.45, 2.75) is 25.8 Å². The zero-order valence-corrected chi connectivity index (χ0v) is 11.2. The number of anilines is 1.